The Morgan fingerprint density at radius 2 is 1.88 bits per heavy atom. The van der Waals surface area contributed by atoms with Gasteiger partial charge in [0.05, 0.1) is 6.26 Å². The first-order valence-electron chi connectivity index (χ1n) is 8.03. The fraction of sp³-hybridized carbons (Fsp3) is 0.471. The van der Waals surface area contributed by atoms with Crippen molar-refractivity contribution >= 4 is 15.9 Å². The molecule has 0 radical (unpaired) electrons. The second-order valence-electron chi connectivity index (χ2n) is 6.01. The van der Waals surface area contributed by atoms with Crippen LogP contribution in [0.5, 0.6) is 0 Å². The highest BCUT2D eigenvalue weighted by molar-refractivity contribution is 7.88. The molecule has 0 bridgehead atoms. The van der Waals surface area contributed by atoms with E-state index in [1.165, 1.54) is 0 Å². The van der Waals surface area contributed by atoms with Crippen LogP contribution in [0.15, 0.2) is 34.5 Å². The number of benzene rings is 1. The molecule has 1 aromatic carbocycles. The van der Waals surface area contributed by atoms with Gasteiger partial charge in [-0.25, -0.2) is 13.1 Å². The molecule has 0 aromatic heterocycles. The van der Waals surface area contributed by atoms with Crippen molar-refractivity contribution in [2.75, 3.05) is 19.3 Å². The standard InChI is InChI=1S/C17H22N4O3S/c1-3-4-10-17(20-21-17)11-13-18-16(22)15-7-5-14(6-8-15)9-12-19-25(2,23)24/h1,5-8,19H,4,9-13H2,2H3,(H,18,22). The largest absolute Gasteiger partial charge is 0.352 e. The van der Waals surface area contributed by atoms with E-state index < -0.39 is 15.7 Å². The van der Waals surface area contributed by atoms with Crippen LogP contribution in [-0.2, 0) is 16.4 Å². The maximum Gasteiger partial charge on any atom is 0.251 e. The monoisotopic (exact) mass is 362 g/mol. The molecular weight excluding hydrogens is 340 g/mol. The van der Waals surface area contributed by atoms with Crippen LogP contribution >= 0.6 is 0 Å². The van der Waals surface area contributed by atoms with E-state index in [2.05, 4.69) is 26.2 Å². The Morgan fingerprint density at radius 3 is 2.44 bits per heavy atom. The average molecular weight is 362 g/mol. The highest BCUT2D eigenvalue weighted by atomic mass is 32.2. The van der Waals surface area contributed by atoms with E-state index in [1.54, 1.807) is 12.1 Å². The van der Waals surface area contributed by atoms with Crippen LogP contribution in [0.3, 0.4) is 0 Å². The van der Waals surface area contributed by atoms with Gasteiger partial charge in [-0.1, -0.05) is 12.1 Å². The number of sulfonamides is 1. The molecule has 8 heteroatoms. The molecule has 1 aromatic rings. The Balaban J connectivity index is 1.74. The molecule has 7 nitrogen and oxygen atoms in total. The number of terminal acetylenes is 1. The predicted octanol–water partition coefficient (Wildman–Crippen LogP) is 1.47. The van der Waals surface area contributed by atoms with Crippen molar-refractivity contribution in [1.82, 2.24) is 10.0 Å². The van der Waals surface area contributed by atoms with Gasteiger partial charge >= 0.3 is 0 Å². The van der Waals surface area contributed by atoms with E-state index in [1.807, 2.05) is 12.1 Å². The Kier molecular flexibility index (Phi) is 6.28. The Hall–Kier alpha value is -2.24. The van der Waals surface area contributed by atoms with E-state index >= 15 is 0 Å². The Bertz CT molecular complexity index is 773. The third-order valence-electron chi connectivity index (χ3n) is 3.86. The maximum atomic E-state index is 12.1. The van der Waals surface area contributed by atoms with Crippen LogP contribution in [0.2, 0.25) is 0 Å². The molecule has 25 heavy (non-hydrogen) atoms. The molecule has 0 saturated heterocycles. The number of hydrogen-bond donors (Lipinski definition) is 2. The van der Waals surface area contributed by atoms with E-state index in [0.29, 0.717) is 37.9 Å². The third-order valence-corrected chi connectivity index (χ3v) is 4.59. The van der Waals surface area contributed by atoms with Gasteiger partial charge in [0.1, 0.15) is 0 Å². The fourth-order valence-electron chi connectivity index (χ4n) is 2.35. The summed E-state index contributed by atoms with van der Waals surface area (Å²) < 4.78 is 24.5. The van der Waals surface area contributed by atoms with E-state index in [0.717, 1.165) is 18.2 Å². The smallest absolute Gasteiger partial charge is 0.251 e. The van der Waals surface area contributed by atoms with Crippen molar-refractivity contribution in [2.45, 2.75) is 31.3 Å². The van der Waals surface area contributed by atoms with Gasteiger partial charge in [-0.05, 0) is 24.1 Å². The van der Waals surface area contributed by atoms with Crippen LogP contribution < -0.4 is 10.0 Å². The molecule has 0 fully saturated rings. The fourth-order valence-corrected chi connectivity index (χ4v) is 2.82. The second kappa shape index (κ2) is 8.23. The number of carbonyl (C=O) groups excluding carboxylic acids is 1. The predicted molar refractivity (Wildman–Crippen MR) is 95.6 cm³/mol. The SMILES string of the molecule is C#CCCC1(CCNC(=O)c2ccc(CCNS(C)(=O)=O)cc2)N=N1. The van der Waals surface area contributed by atoms with Gasteiger partial charge in [-0.2, -0.15) is 10.2 Å². The van der Waals surface area contributed by atoms with Crippen LogP contribution in [0.4, 0.5) is 0 Å². The number of carbonyl (C=O) groups is 1. The molecule has 2 N–H and O–H groups in total. The molecule has 1 aliphatic heterocycles. The van der Waals surface area contributed by atoms with Gasteiger partial charge in [0.25, 0.3) is 5.91 Å². The van der Waals surface area contributed by atoms with Crippen molar-refractivity contribution in [1.29, 1.82) is 0 Å². The van der Waals surface area contributed by atoms with Gasteiger partial charge in [0.15, 0.2) is 5.66 Å². The molecule has 1 amide bonds. The number of amides is 1. The second-order valence-corrected chi connectivity index (χ2v) is 7.84. The minimum absolute atomic E-state index is 0.159. The summed E-state index contributed by atoms with van der Waals surface area (Å²) in [6.07, 6.45) is 8.92. The molecule has 0 unspecified atom stereocenters. The van der Waals surface area contributed by atoms with Crippen LogP contribution in [0, 0.1) is 12.3 Å². The first-order chi connectivity index (χ1) is 11.8. The van der Waals surface area contributed by atoms with Gasteiger partial charge in [0.2, 0.25) is 10.0 Å². The van der Waals surface area contributed by atoms with Gasteiger partial charge < -0.3 is 5.32 Å². The van der Waals surface area contributed by atoms with Crippen LogP contribution in [0.25, 0.3) is 0 Å². The van der Waals surface area contributed by atoms with Crippen LogP contribution in [-0.4, -0.2) is 39.3 Å². The summed E-state index contributed by atoms with van der Waals surface area (Å²) in [6, 6.07) is 7.09. The third kappa shape index (κ3) is 6.64. The normalized spacial score (nSPS) is 14.7. The van der Waals surface area contributed by atoms with E-state index in [4.69, 9.17) is 6.42 Å². The first kappa shape index (κ1) is 19.1. The quantitative estimate of drug-likeness (QED) is 0.617. The molecule has 0 aliphatic carbocycles. The highest BCUT2D eigenvalue weighted by Gasteiger charge is 2.38. The summed E-state index contributed by atoms with van der Waals surface area (Å²) in [5.74, 6) is 2.41. The topological polar surface area (TPSA) is 100.0 Å². The maximum absolute atomic E-state index is 12.1. The Morgan fingerprint density at radius 1 is 1.20 bits per heavy atom. The number of nitrogens with one attached hydrogen (secondary N) is 2. The van der Waals surface area contributed by atoms with Gasteiger partial charge in [-0.15, -0.1) is 12.3 Å². The lowest BCUT2D eigenvalue weighted by Gasteiger charge is -2.10. The van der Waals surface area contributed by atoms with Gasteiger partial charge in [0, 0.05) is 37.9 Å². The minimum Gasteiger partial charge on any atom is -0.352 e. The zero-order valence-electron chi connectivity index (χ0n) is 14.2. The van der Waals surface area contributed by atoms with Crippen molar-refractivity contribution in [3.05, 3.63) is 35.4 Å². The van der Waals surface area contributed by atoms with Crippen molar-refractivity contribution in [3.8, 4) is 12.3 Å². The lowest BCUT2D eigenvalue weighted by Crippen LogP contribution is -2.28. The molecule has 0 spiro atoms. The number of nitrogens with zero attached hydrogens (tertiary/aromatic N) is 2. The van der Waals surface area contributed by atoms with Crippen molar-refractivity contribution in [2.24, 2.45) is 10.2 Å². The molecule has 1 heterocycles. The molecule has 134 valence electrons. The summed E-state index contributed by atoms with van der Waals surface area (Å²) in [7, 11) is -3.18. The lowest BCUT2D eigenvalue weighted by molar-refractivity contribution is 0.0952. The summed E-state index contributed by atoms with van der Waals surface area (Å²) >= 11 is 0. The number of rotatable bonds is 10. The number of hydrogen-bond acceptors (Lipinski definition) is 5. The molecule has 2 rings (SSSR count). The lowest BCUT2D eigenvalue weighted by atomic mass is 10.0. The average Bonchev–Trinajstić information content (AvgIpc) is 3.32. The summed E-state index contributed by atoms with van der Waals surface area (Å²) in [5.41, 5.74) is 1.12. The first-order valence-corrected chi connectivity index (χ1v) is 9.92. The zero-order valence-corrected chi connectivity index (χ0v) is 15.0. The summed E-state index contributed by atoms with van der Waals surface area (Å²) in [6.45, 7) is 0.813. The van der Waals surface area contributed by atoms with Gasteiger partial charge in [-0.3, -0.25) is 4.79 Å². The summed E-state index contributed by atoms with van der Waals surface area (Å²) in [4.78, 5) is 12.1. The minimum atomic E-state index is -3.18. The Labute approximate surface area is 148 Å². The van der Waals surface area contributed by atoms with Crippen LogP contribution in [0.1, 0.15) is 35.2 Å². The molecular formula is C17H22N4O3S. The highest BCUT2D eigenvalue weighted by Crippen LogP contribution is 2.36. The van der Waals surface area contributed by atoms with E-state index in [9.17, 15) is 13.2 Å². The van der Waals surface area contributed by atoms with Crippen molar-refractivity contribution < 1.29 is 13.2 Å². The molecule has 0 saturated carbocycles. The zero-order chi connectivity index (χ0) is 18.3. The summed E-state index contributed by atoms with van der Waals surface area (Å²) in [5, 5.41) is 10.9. The molecule has 0 atom stereocenters. The molecule has 1 aliphatic rings. The van der Waals surface area contributed by atoms with E-state index in [-0.39, 0.29) is 5.91 Å². The van der Waals surface area contributed by atoms with Crippen molar-refractivity contribution in [3.63, 3.8) is 0 Å².